The summed E-state index contributed by atoms with van der Waals surface area (Å²) < 4.78 is 6.20. The van der Waals surface area contributed by atoms with E-state index in [2.05, 4.69) is 26.6 Å². The number of ether oxygens (including phenoxy) is 1. The molecule has 2 N–H and O–H groups in total. The molecule has 0 atom stereocenters. The van der Waals surface area contributed by atoms with E-state index in [1.165, 1.54) is 0 Å². The molecule has 2 amide bonds. The molecule has 0 aromatic heterocycles. The van der Waals surface area contributed by atoms with Gasteiger partial charge in [-0.3, -0.25) is 4.79 Å². The lowest BCUT2D eigenvalue weighted by molar-refractivity contribution is 0.0528. The third kappa shape index (κ3) is 7.06. The van der Waals surface area contributed by atoms with Gasteiger partial charge < -0.3 is 15.4 Å². The van der Waals surface area contributed by atoms with Gasteiger partial charge in [-0.15, -0.1) is 0 Å². The standard InChI is InChI=1S/C21H25BrN2O3/c1-14-13-17(9-10-18(14)22)24-19(25)16-7-5-15(6-8-16)11-12-23-20(26)27-21(2,3)4/h5-10,13H,11-12H2,1-4H3,(H,23,26)(H,24,25). The fraction of sp³-hybridized carbons (Fsp3) is 0.333. The molecule has 0 unspecified atom stereocenters. The van der Waals surface area contributed by atoms with Gasteiger partial charge in [0.1, 0.15) is 5.60 Å². The molecule has 6 heteroatoms. The number of halogens is 1. The van der Waals surface area contributed by atoms with Crippen molar-refractivity contribution in [1.82, 2.24) is 5.32 Å². The van der Waals surface area contributed by atoms with Crippen LogP contribution in [0.5, 0.6) is 0 Å². The van der Waals surface area contributed by atoms with Gasteiger partial charge in [0, 0.05) is 22.3 Å². The maximum atomic E-state index is 12.4. The maximum Gasteiger partial charge on any atom is 0.407 e. The number of hydrogen-bond donors (Lipinski definition) is 2. The zero-order chi connectivity index (χ0) is 20.0. The number of hydrogen-bond acceptors (Lipinski definition) is 3. The zero-order valence-corrected chi connectivity index (χ0v) is 17.6. The van der Waals surface area contributed by atoms with Crippen molar-refractivity contribution in [2.24, 2.45) is 0 Å². The molecule has 0 aliphatic rings. The number of anilines is 1. The molecule has 2 rings (SSSR count). The number of nitrogens with one attached hydrogen (secondary N) is 2. The number of rotatable bonds is 5. The van der Waals surface area contributed by atoms with Crippen LogP contribution in [-0.4, -0.2) is 24.1 Å². The lowest BCUT2D eigenvalue weighted by Crippen LogP contribution is -2.33. The summed E-state index contributed by atoms with van der Waals surface area (Å²) >= 11 is 3.45. The summed E-state index contributed by atoms with van der Waals surface area (Å²) in [5.74, 6) is -0.157. The highest BCUT2D eigenvalue weighted by molar-refractivity contribution is 9.10. The molecule has 0 aliphatic heterocycles. The molecule has 0 aliphatic carbocycles. The van der Waals surface area contributed by atoms with Crippen LogP contribution in [0.3, 0.4) is 0 Å². The van der Waals surface area contributed by atoms with Crippen molar-refractivity contribution < 1.29 is 14.3 Å². The quantitative estimate of drug-likeness (QED) is 0.692. The summed E-state index contributed by atoms with van der Waals surface area (Å²) in [5, 5.41) is 5.62. The van der Waals surface area contributed by atoms with E-state index in [0.717, 1.165) is 21.3 Å². The Morgan fingerprint density at radius 1 is 1.07 bits per heavy atom. The van der Waals surface area contributed by atoms with Crippen LogP contribution in [0, 0.1) is 6.92 Å². The Bertz CT molecular complexity index is 811. The fourth-order valence-electron chi connectivity index (χ4n) is 2.37. The van der Waals surface area contributed by atoms with Crippen molar-refractivity contribution in [2.45, 2.75) is 39.7 Å². The third-order valence-electron chi connectivity index (χ3n) is 3.71. The van der Waals surface area contributed by atoms with E-state index < -0.39 is 11.7 Å². The Hall–Kier alpha value is -2.34. The topological polar surface area (TPSA) is 67.4 Å². The first-order valence-electron chi connectivity index (χ1n) is 8.77. The van der Waals surface area contributed by atoms with Crippen molar-refractivity contribution in [1.29, 1.82) is 0 Å². The van der Waals surface area contributed by atoms with Crippen LogP contribution in [0.1, 0.15) is 42.3 Å². The largest absolute Gasteiger partial charge is 0.444 e. The first-order valence-corrected chi connectivity index (χ1v) is 9.56. The van der Waals surface area contributed by atoms with Gasteiger partial charge >= 0.3 is 6.09 Å². The number of amides is 2. The number of carbonyl (C=O) groups excluding carboxylic acids is 2. The minimum absolute atomic E-state index is 0.157. The van der Waals surface area contributed by atoms with E-state index in [0.29, 0.717) is 18.5 Å². The van der Waals surface area contributed by atoms with Gasteiger partial charge in [-0.25, -0.2) is 4.79 Å². The molecule has 5 nitrogen and oxygen atoms in total. The molecular formula is C21H25BrN2O3. The average molecular weight is 433 g/mol. The molecular weight excluding hydrogens is 408 g/mol. The van der Waals surface area contributed by atoms with Crippen LogP contribution < -0.4 is 10.6 Å². The predicted molar refractivity (Wildman–Crippen MR) is 111 cm³/mol. The van der Waals surface area contributed by atoms with Crippen molar-refractivity contribution in [2.75, 3.05) is 11.9 Å². The van der Waals surface area contributed by atoms with Crippen LogP contribution >= 0.6 is 15.9 Å². The molecule has 0 spiro atoms. The van der Waals surface area contributed by atoms with Gasteiger partial charge in [0.05, 0.1) is 0 Å². The minimum atomic E-state index is -0.507. The van der Waals surface area contributed by atoms with Gasteiger partial charge in [0.2, 0.25) is 0 Å². The molecule has 2 aromatic carbocycles. The Labute approximate surface area is 168 Å². The molecule has 2 aromatic rings. The third-order valence-corrected chi connectivity index (χ3v) is 4.60. The number of carbonyl (C=O) groups is 2. The lowest BCUT2D eigenvalue weighted by Gasteiger charge is -2.19. The summed E-state index contributed by atoms with van der Waals surface area (Å²) in [6.07, 6.45) is 0.232. The molecule has 0 saturated heterocycles. The summed E-state index contributed by atoms with van der Waals surface area (Å²) in [6.45, 7) is 7.92. The van der Waals surface area contributed by atoms with E-state index in [1.54, 1.807) is 12.1 Å². The number of aryl methyl sites for hydroxylation is 1. The number of benzene rings is 2. The van der Waals surface area contributed by atoms with Gasteiger partial charge in [-0.05, 0) is 75.6 Å². The molecule has 0 radical (unpaired) electrons. The van der Waals surface area contributed by atoms with Gasteiger partial charge in [0.25, 0.3) is 5.91 Å². The van der Waals surface area contributed by atoms with Crippen molar-refractivity contribution in [3.05, 3.63) is 63.6 Å². The Morgan fingerprint density at radius 2 is 1.74 bits per heavy atom. The minimum Gasteiger partial charge on any atom is -0.444 e. The average Bonchev–Trinajstić information content (AvgIpc) is 2.57. The Morgan fingerprint density at radius 3 is 2.33 bits per heavy atom. The summed E-state index contributed by atoms with van der Waals surface area (Å²) in [7, 11) is 0. The molecule has 0 fully saturated rings. The smallest absolute Gasteiger partial charge is 0.407 e. The van der Waals surface area contributed by atoms with Crippen LogP contribution in [-0.2, 0) is 11.2 Å². The van der Waals surface area contributed by atoms with Crippen LogP contribution in [0.2, 0.25) is 0 Å². The van der Waals surface area contributed by atoms with Gasteiger partial charge in [-0.1, -0.05) is 28.1 Å². The first-order chi connectivity index (χ1) is 12.6. The van der Waals surface area contributed by atoms with Crippen LogP contribution in [0.4, 0.5) is 10.5 Å². The fourth-order valence-corrected chi connectivity index (χ4v) is 2.62. The van der Waals surface area contributed by atoms with Gasteiger partial charge in [-0.2, -0.15) is 0 Å². The van der Waals surface area contributed by atoms with E-state index in [-0.39, 0.29) is 5.91 Å². The Balaban J connectivity index is 1.86. The number of alkyl carbamates (subject to hydrolysis) is 1. The van der Waals surface area contributed by atoms with Gasteiger partial charge in [0.15, 0.2) is 0 Å². The summed E-state index contributed by atoms with van der Waals surface area (Å²) in [6, 6.07) is 13.0. The predicted octanol–water partition coefficient (Wildman–Crippen LogP) is 5.08. The van der Waals surface area contributed by atoms with Crippen molar-refractivity contribution >= 4 is 33.6 Å². The molecule has 144 valence electrons. The molecule has 27 heavy (non-hydrogen) atoms. The summed E-state index contributed by atoms with van der Waals surface area (Å²) in [5.41, 5.74) is 2.92. The second-order valence-electron chi connectivity index (χ2n) is 7.29. The second kappa shape index (κ2) is 9.04. The normalized spacial score (nSPS) is 11.0. The molecule has 0 bridgehead atoms. The molecule has 0 heterocycles. The van der Waals surface area contributed by atoms with E-state index >= 15 is 0 Å². The zero-order valence-electron chi connectivity index (χ0n) is 16.1. The monoisotopic (exact) mass is 432 g/mol. The summed E-state index contributed by atoms with van der Waals surface area (Å²) in [4.78, 5) is 24.0. The lowest BCUT2D eigenvalue weighted by atomic mass is 10.1. The highest BCUT2D eigenvalue weighted by atomic mass is 79.9. The van der Waals surface area contributed by atoms with Crippen LogP contribution in [0.25, 0.3) is 0 Å². The van der Waals surface area contributed by atoms with Crippen molar-refractivity contribution in [3.8, 4) is 0 Å². The van der Waals surface area contributed by atoms with E-state index in [1.807, 2.05) is 58.0 Å². The first kappa shape index (κ1) is 21.0. The highest BCUT2D eigenvalue weighted by Gasteiger charge is 2.15. The van der Waals surface area contributed by atoms with E-state index in [4.69, 9.17) is 4.74 Å². The second-order valence-corrected chi connectivity index (χ2v) is 8.15. The molecule has 0 saturated carbocycles. The van der Waals surface area contributed by atoms with E-state index in [9.17, 15) is 9.59 Å². The van der Waals surface area contributed by atoms with Crippen LogP contribution in [0.15, 0.2) is 46.9 Å². The van der Waals surface area contributed by atoms with Crippen molar-refractivity contribution in [3.63, 3.8) is 0 Å². The highest BCUT2D eigenvalue weighted by Crippen LogP contribution is 2.20. The maximum absolute atomic E-state index is 12.4. The Kier molecular flexibility index (Phi) is 7.02. The SMILES string of the molecule is Cc1cc(NC(=O)c2ccc(CCNC(=O)OC(C)(C)C)cc2)ccc1Br.